The number of hydrogen-bond donors (Lipinski definition) is 1. The zero-order valence-electron chi connectivity index (χ0n) is 13.2. The van der Waals surface area contributed by atoms with Crippen molar-refractivity contribution >= 4 is 27.6 Å². The van der Waals surface area contributed by atoms with Crippen LogP contribution in [-0.2, 0) is 6.42 Å². The number of benzene rings is 2. The summed E-state index contributed by atoms with van der Waals surface area (Å²) in [5.41, 5.74) is 9.23. The average Bonchev–Trinajstić information content (AvgIpc) is 3.38. The first-order valence-corrected chi connectivity index (χ1v) is 8.25. The molecule has 0 amide bonds. The van der Waals surface area contributed by atoms with E-state index in [1.54, 1.807) is 0 Å². The van der Waals surface area contributed by atoms with E-state index in [2.05, 4.69) is 52.4 Å². The van der Waals surface area contributed by atoms with Gasteiger partial charge in [-0.2, -0.15) is 5.10 Å². The summed E-state index contributed by atoms with van der Waals surface area (Å²) in [7, 11) is 0. The predicted octanol–water partition coefficient (Wildman–Crippen LogP) is 3.49. The number of rotatable bonds is 3. The van der Waals surface area contributed by atoms with Crippen molar-refractivity contribution in [3.05, 3.63) is 60.0 Å². The maximum Gasteiger partial charge on any atom is 0.163 e. The van der Waals surface area contributed by atoms with Gasteiger partial charge in [0, 0.05) is 6.42 Å². The van der Waals surface area contributed by atoms with E-state index >= 15 is 0 Å². The molecule has 2 N–H and O–H groups in total. The molecule has 0 radical (unpaired) electrons. The third-order valence-electron chi connectivity index (χ3n) is 4.72. The van der Waals surface area contributed by atoms with Crippen LogP contribution in [0.15, 0.2) is 48.8 Å². The molecule has 5 heteroatoms. The van der Waals surface area contributed by atoms with Gasteiger partial charge in [0.05, 0.1) is 17.1 Å². The molecule has 0 saturated heterocycles. The van der Waals surface area contributed by atoms with Crippen LogP contribution in [0.2, 0.25) is 0 Å². The summed E-state index contributed by atoms with van der Waals surface area (Å²) in [6.07, 6.45) is 4.58. The highest BCUT2D eigenvalue weighted by Gasteiger charge is 2.29. The Hall–Kier alpha value is -2.95. The van der Waals surface area contributed by atoms with Gasteiger partial charge in [0.15, 0.2) is 5.65 Å². The van der Waals surface area contributed by atoms with Crippen LogP contribution >= 0.6 is 0 Å². The Balaban J connectivity index is 1.69. The summed E-state index contributed by atoms with van der Waals surface area (Å²) in [5.74, 6) is 0.516. The van der Waals surface area contributed by atoms with Crippen molar-refractivity contribution in [2.45, 2.75) is 25.3 Å². The fraction of sp³-hybridized carbons (Fsp3) is 0.211. The van der Waals surface area contributed by atoms with Crippen molar-refractivity contribution in [3.63, 3.8) is 0 Å². The van der Waals surface area contributed by atoms with E-state index in [-0.39, 0.29) is 0 Å². The molecular formula is C19H17N5. The van der Waals surface area contributed by atoms with Crippen molar-refractivity contribution in [2.75, 3.05) is 5.73 Å². The van der Waals surface area contributed by atoms with E-state index in [9.17, 15) is 0 Å². The van der Waals surface area contributed by atoms with Gasteiger partial charge in [-0.25, -0.2) is 14.6 Å². The molecule has 0 bridgehead atoms. The summed E-state index contributed by atoms with van der Waals surface area (Å²) in [6.45, 7) is 0. The maximum absolute atomic E-state index is 6.15. The lowest BCUT2D eigenvalue weighted by molar-refractivity contribution is 0.648. The van der Waals surface area contributed by atoms with Crippen molar-refractivity contribution < 1.29 is 0 Å². The minimum absolute atomic E-state index is 0.461. The van der Waals surface area contributed by atoms with Gasteiger partial charge in [0.2, 0.25) is 0 Å². The lowest BCUT2D eigenvalue weighted by Crippen LogP contribution is -1.99. The van der Waals surface area contributed by atoms with E-state index < -0.39 is 0 Å². The van der Waals surface area contributed by atoms with E-state index in [1.807, 2.05) is 4.68 Å². The minimum atomic E-state index is 0.461. The van der Waals surface area contributed by atoms with Gasteiger partial charge in [-0.3, -0.25) is 0 Å². The van der Waals surface area contributed by atoms with Crippen LogP contribution in [-0.4, -0.2) is 19.7 Å². The number of nitrogen functional groups attached to an aromatic ring is 1. The first-order chi connectivity index (χ1) is 11.8. The number of nitrogens with zero attached hydrogens (tertiary/aromatic N) is 4. The van der Waals surface area contributed by atoms with Crippen LogP contribution in [0.4, 0.5) is 5.82 Å². The SMILES string of the molecule is Nc1ncnc2c1c(Cc1cccc3ccccc13)nn2C1CC1. The number of anilines is 1. The van der Waals surface area contributed by atoms with Gasteiger partial charge in [-0.1, -0.05) is 42.5 Å². The smallest absolute Gasteiger partial charge is 0.163 e. The summed E-state index contributed by atoms with van der Waals surface area (Å²) in [5, 5.41) is 8.24. The first kappa shape index (κ1) is 13.5. The largest absolute Gasteiger partial charge is 0.383 e. The molecule has 2 aromatic carbocycles. The lowest BCUT2D eigenvalue weighted by Gasteiger charge is -2.05. The second-order valence-corrected chi connectivity index (χ2v) is 6.40. The van der Waals surface area contributed by atoms with E-state index in [0.29, 0.717) is 11.9 Å². The normalized spacial score (nSPS) is 14.5. The van der Waals surface area contributed by atoms with Crippen LogP contribution in [0.1, 0.15) is 30.1 Å². The fourth-order valence-corrected chi connectivity index (χ4v) is 3.39. The highest BCUT2D eigenvalue weighted by Crippen LogP contribution is 2.38. The summed E-state index contributed by atoms with van der Waals surface area (Å²) < 4.78 is 2.04. The van der Waals surface area contributed by atoms with Gasteiger partial charge in [-0.15, -0.1) is 0 Å². The Bertz CT molecular complexity index is 1060. The van der Waals surface area contributed by atoms with Gasteiger partial charge in [-0.05, 0) is 29.2 Å². The monoisotopic (exact) mass is 315 g/mol. The molecule has 0 atom stereocenters. The Morgan fingerprint density at radius 2 is 1.88 bits per heavy atom. The predicted molar refractivity (Wildman–Crippen MR) is 94.8 cm³/mol. The van der Waals surface area contributed by atoms with Crippen LogP contribution in [0.25, 0.3) is 21.8 Å². The van der Waals surface area contributed by atoms with Gasteiger partial charge in [0.1, 0.15) is 12.1 Å². The molecule has 0 spiro atoms. The number of hydrogen-bond acceptors (Lipinski definition) is 4. The average molecular weight is 315 g/mol. The van der Waals surface area contributed by atoms with Crippen molar-refractivity contribution in [2.24, 2.45) is 0 Å². The molecule has 5 nitrogen and oxygen atoms in total. The quantitative estimate of drug-likeness (QED) is 0.628. The summed E-state index contributed by atoms with van der Waals surface area (Å²) in [4.78, 5) is 8.62. The number of nitrogens with two attached hydrogens (primary N) is 1. The standard InChI is InChI=1S/C19H17N5/c20-18-17-16(23-24(14-8-9-14)19(17)22-11-21-18)10-13-6-3-5-12-4-1-2-7-15(12)13/h1-7,11,14H,8-10H2,(H2,20,21,22). The zero-order chi connectivity index (χ0) is 16.1. The fourth-order valence-electron chi connectivity index (χ4n) is 3.39. The van der Waals surface area contributed by atoms with Crippen molar-refractivity contribution in [3.8, 4) is 0 Å². The van der Waals surface area contributed by atoms with E-state index in [1.165, 1.54) is 22.7 Å². The topological polar surface area (TPSA) is 69.6 Å². The van der Waals surface area contributed by atoms with Crippen molar-refractivity contribution in [1.29, 1.82) is 0 Å². The second-order valence-electron chi connectivity index (χ2n) is 6.40. The molecule has 1 aliphatic carbocycles. The molecule has 24 heavy (non-hydrogen) atoms. The highest BCUT2D eigenvalue weighted by molar-refractivity contribution is 5.90. The molecule has 0 unspecified atom stereocenters. The molecule has 2 aromatic heterocycles. The van der Waals surface area contributed by atoms with Crippen LogP contribution < -0.4 is 5.73 Å². The third kappa shape index (κ3) is 2.05. The molecule has 1 aliphatic rings. The number of aromatic nitrogens is 4. The first-order valence-electron chi connectivity index (χ1n) is 8.25. The summed E-state index contributed by atoms with van der Waals surface area (Å²) >= 11 is 0. The molecule has 1 fully saturated rings. The summed E-state index contributed by atoms with van der Waals surface area (Å²) in [6, 6.07) is 15.3. The molecule has 1 saturated carbocycles. The van der Waals surface area contributed by atoms with Crippen molar-refractivity contribution in [1.82, 2.24) is 19.7 Å². The molecule has 118 valence electrons. The van der Waals surface area contributed by atoms with E-state index in [0.717, 1.165) is 36.0 Å². The molecule has 4 aromatic rings. The number of fused-ring (bicyclic) bond motifs is 2. The molecule has 0 aliphatic heterocycles. The Kier molecular flexibility index (Phi) is 2.82. The van der Waals surface area contributed by atoms with Gasteiger partial charge in [0.25, 0.3) is 0 Å². The van der Waals surface area contributed by atoms with Crippen LogP contribution in [0, 0.1) is 0 Å². The Morgan fingerprint density at radius 3 is 2.75 bits per heavy atom. The third-order valence-corrected chi connectivity index (χ3v) is 4.72. The van der Waals surface area contributed by atoms with Gasteiger partial charge < -0.3 is 5.73 Å². The molecule has 5 rings (SSSR count). The highest BCUT2D eigenvalue weighted by atomic mass is 15.3. The Labute approximate surface area is 139 Å². The van der Waals surface area contributed by atoms with E-state index in [4.69, 9.17) is 10.8 Å². The van der Waals surface area contributed by atoms with Gasteiger partial charge >= 0.3 is 0 Å². The Morgan fingerprint density at radius 1 is 1.04 bits per heavy atom. The lowest BCUT2D eigenvalue weighted by atomic mass is 10.0. The van der Waals surface area contributed by atoms with Crippen LogP contribution in [0.3, 0.4) is 0 Å². The second kappa shape index (κ2) is 5.03. The minimum Gasteiger partial charge on any atom is -0.383 e. The molecular weight excluding hydrogens is 298 g/mol. The van der Waals surface area contributed by atoms with Crippen LogP contribution in [0.5, 0.6) is 0 Å². The maximum atomic E-state index is 6.15. The zero-order valence-corrected chi connectivity index (χ0v) is 13.2. The molecule has 2 heterocycles.